The van der Waals surface area contributed by atoms with Crippen LogP contribution in [0.5, 0.6) is 0 Å². The number of rotatable bonds is 2. The lowest BCUT2D eigenvalue weighted by Crippen LogP contribution is -1.91. The highest BCUT2D eigenvalue weighted by atomic mass is 16.4. The highest BCUT2D eigenvalue weighted by Crippen LogP contribution is 2.19. The SMILES string of the molecule is Cc1cccc(-c2ncc(C(=O)O)o2)c1. The van der Waals surface area contributed by atoms with Crippen LogP contribution < -0.4 is 0 Å². The van der Waals surface area contributed by atoms with E-state index in [4.69, 9.17) is 9.52 Å². The molecular formula is C11H9NO3. The van der Waals surface area contributed by atoms with E-state index in [2.05, 4.69) is 4.98 Å². The third kappa shape index (κ3) is 1.88. The molecule has 0 saturated carbocycles. The van der Waals surface area contributed by atoms with Gasteiger partial charge in [0, 0.05) is 5.56 Å². The van der Waals surface area contributed by atoms with E-state index in [0.717, 1.165) is 11.1 Å². The normalized spacial score (nSPS) is 10.2. The molecule has 4 nitrogen and oxygen atoms in total. The van der Waals surface area contributed by atoms with Crippen molar-refractivity contribution in [1.29, 1.82) is 0 Å². The molecule has 2 rings (SSSR count). The lowest BCUT2D eigenvalue weighted by molar-refractivity contribution is 0.0663. The number of carboxylic acids is 1. The van der Waals surface area contributed by atoms with Crippen LogP contribution in [-0.4, -0.2) is 16.1 Å². The van der Waals surface area contributed by atoms with Gasteiger partial charge >= 0.3 is 5.97 Å². The zero-order valence-corrected chi connectivity index (χ0v) is 8.10. The molecule has 0 spiro atoms. The van der Waals surface area contributed by atoms with Crippen LogP contribution in [0.25, 0.3) is 11.5 Å². The van der Waals surface area contributed by atoms with Crippen LogP contribution >= 0.6 is 0 Å². The molecule has 0 fully saturated rings. The van der Waals surface area contributed by atoms with Crippen LogP contribution in [0, 0.1) is 6.92 Å². The molecule has 0 amide bonds. The number of oxazole rings is 1. The number of aromatic carboxylic acids is 1. The van der Waals surface area contributed by atoms with Gasteiger partial charge in [0.15, 0.2) is 0 Å². The average molecular weight is 203 g/mol. The molecule has 1 N–H and O–H groups in total. The van der Waals surface area contributed by atoms with Crippen molar-refractivity contribution in [2.75, 3.05) is 0 Å². The van der Waals surface area contributed by atoms with Gasteiger partial charge in [0.05, 0.1) is 6.20 Å². The topological polar surface area (TPSA) is 63.3 Å². The van der Waals surface area contributed by atoms with Crippen molar-refractivity contribution >= 4 is 5.97 Å². The number of benzene rings is 1. The third-order valence-electron chi connectivity index (χ3n) is 1.98. The van der Waals surface area contributed by atoms with Crippen LogP contribution in [0.1, 0.15) is 16.1 Å². The minimum atomic E-state index is -1.11. The maximum Gasteiger partial charge on any atom is 0.373 e. The third-order valence-corrected chi connectivity index (χ3v) is 1.98. The second-order valence-corrected chi connectivity index (χ2v) is 3.20. The first-order valence-corrected chi connectivity index (χ1v) is 4.43. The van der Waals surface area contributed by atoms with Crippen LogP contribution in [0.4, 0.5) is 0 Å². The average Bonchev–Trinajstić information content (AvgIpc) is 2.66. The molecule has 1 aromatic heterocycles. The van der Waals surface area contributed by atoms with E-state index < -0.39 is 5.97 Å². The van der Waals surface area contributed by atoms with Gasteiger partial charge < -0.3 is 9.52 Å². The zero-order chi connectivity index (χ0) is 10.8. The molecule has 76 valence electrons. The number of carboxylic acid groups (broad SMARTS) is 1. The molecule has 1 heterocycles. The fraction of sp³-hybridized carbons (Fsp3) is 0.0909. The van der Waals surface area contributed by atoms with Gasteiger partial charge in [-0.3, -0.25) is 0 Å². The maximum atomic E-state index is 10.6. The highest BCUT2D eigenvalue weighted by molar-refractivity contribution is 5.84. The number of nitrogens with zero attached hydrogens (tertiary/aromatic N) is 1. The number of aryl methyl sites for hydroxylation is 1. The number of aromatic nitrogens is 1. The summed E-state index contributed by atoms with van der Waals surface area (Å²) in [6.45, 7) is 1.95. The number of hydrogen-bond donors (Lipinski definition) is 1. The molecule has 0 bridgehead atoms. The van der Waals surface area contributed by atoms with Crippen LogP contribution in [0.3, 0.4) is 0 Å². The summed E-state index contributed by atoms with van der Waals surface area (Å²) in [5.74, 6) is -0.927. The number of carbonyl (C=O) groups is 1. The highest BCUT2D eigenvalue weighted by Gasteiger charge is 2.11. The Morgan fingerprint density at radius 3 is 2.87 bits per heavy atom. The van der Waals surface area contributed by atoms with Gasteiger partial charge in [-0.2, -0.15) is 0 Å². The molecule has 4 heteroatoms. The Balaban J connectivity index is 2.41. The van der Waals surface area contributed by atoms with E-state index in [1.54, 1.807) is 0 Å². The first-order chi connectivity index (χ1) is 7.16. The van der Waals surface area contributed by atoms with E-state index in [1.165, 1.54) is 6.20 Å². The second kappa shape index (κ2) is 3.57. The summed E-state index contributed by atoms with van der Waals surface area (Å²) in [6, 6.07) is 7.53. The Bertz CT molecular complexity index is 502. The first-order valence-electron chi connectivity index (χ1n) is 4.43. The van der Waals surface area contributed by atoms with Crippen molar-refractivity contribution in [2.45, 2.75) is 6.92 Å². The fourth-order valence-electron chi connectivity index (χ4n) is 1.28. The van der Waals surface area contributed by atoms with Crippen LogP contribution in [-0.2, 0) is 0 Å². The fourth-order valence-corrected chi connectivity index (χ4v) is 1.28. The van der Waals surface area contributed by atoms with E-state index in [-0.39, 0.29) is 5.76 Å². The largest absolute Gasteiger partial charge is 0.475 e. The lowest BCUT2D eigenvalue weighted by Gasteiger charge is -1.96. The van der Waals surface area contributed by atoms with Gasteiger partial charge in [-0.25, -0.2) is 9.78 Å². The summed E-state index contributed by atoms with van der Waals surface area (Å²) in [5, 5.41) is 8.67. The predicted molar refractivity (Wildman–Crippen MR) is 53.6 cm³/mol. The first kappa shape index (κ1) is 9.45. The Kier molecular flexibility index (Phi) is 2.25. The van der Waals surface area contributed by atoms with Gasteiger partial charge in [-0.15, -0.1) is 0 Å². The molecule has 1 aromatic carbocycles. The predicted octanol–water partition coefficient (Wildman–Crippen LogP) is 2.35. The van der Waals surface area contributed by atoms with E-state index in [1.807, 2.05) is 31.2 Å². The zero-order valence-electron chi connectivity index (χ0n) is 8.10. The quantitative estimate of drug-likeness (QED) is 0.813. The Hall–Kier alpha value is -2.10. The molecule has 2 aromatic rings. The number of hydrogen-bond acceptors (Lipinski definition) is 3. The summed E-state index contributed by atoms with van der Waals surface area (Å²) in [5.41, 5.74) is 1.85. The van der Waals surface area contributed by atoms with Crippen molar-refractivity contribution in [3.8, 4) is 11.5 Å². The van der Waals surface area contributed by atoms with Crippen LogP contribution in [0.2, 0.25) is 0 Å². The van der Waals surface area contributed by atoms with Crippen molar-refractivity contribution in [2.24, 2.45) is 0 Å². The monoisotopic (exact) mass is 203 g/mol. The van der Waals surface area contributed by atoms with Gasteiger partial charge in [-0.1, -0.05) is 17.7 Å². The molecular weight excluding hydrogens is 194 g/mol. The summed E-state index contributed by atoms with van der Waals surface area (Å²) in [6.07, 6.45) is 1.21. The molecule has 0 radical (unpaired) electrons. The molecule has 0 unspecified atom stereocenters. The van der Waals surface area contributed by atoms with Gasteiger partial charge in [0.1, 0.15) is 0 Å². The maximum absolute atomic E-state index is 10.6. The summed E-state index contributed by atoms with van der Waals surface area (Å²) >= 11 is 0. The lowest BCUT2D eigenvalue weighted by atomic mass is 10.1. The van der Waals surface area contributed by atoms with Crippen molar-refractivity contribution in [3.05, 3.63) is 41.8 Å². The van der Waals surface area contributed by atoms with E-state index in [0.29, 0.717) is 5.89 Å². The minimum absolute atomic E-state index is 0.147. The molecule has 0 saturated heterocycles. The van der Waals surface area contributed by atoms with Crippen molar-refractivity contribution < 1.29 is 14.3 Å². The molecule has 0 aliphatic heterocycles. The van der Waals surface area contributed by atoms with E-state index in [9.17, 15) is 4.79 Å². The molecule has 15 heavy (non-hydrogen) atoms. The Morgan fingerprint density at radius 2 is 2.27 bits per heavy atom. The standard InChI is InChI=1S/C11H9NO3/c1-7-3-2-4-8(5-7)10-12-6-9(15-10)11(13)14/h2-6H,1H3,(H,13,14). The Morgan fingerprint density at radius 1 is 1.47 bits per heavy atom. The smallest absolute Gasteiger partial charge is 0.373 e. The second-order valence-electron chi connectivity index (χ2n) is 3.20. The van der Waals surface area contributed by atoms with Crippen LogP contribution in [0.15, 0.2) is 34.9 Å². The van der Waals surface area contributed by atoms with Crippen molar-refractivity contribution in [3.63, 3.8) is 0 Å². The summed E-state index contributed by atoms with van der Waals surface area (Å²) in [4.78, 5) is 14.5. The van der Waals surface area contributed by atoms with Crippen molar-refractivity contribution in [1.82, 2.24) is 4.98 Å². The summed E-state index contributed by atoms with van der Waals surface area (Å²) in [7, 11) is 0. The minimum Gasteiger partial charge on any atom is -0.475 e. The van der Waals surface area contributed by atoms with Gasteiger partial charge in [-0.05, 0) is 19.1 Å². The molecule has 0 aliphatic rings. The van der Waals surface area contributed by atoms with Gasteiger partial charge in [0.25, 0.3) is 0 Å². The molecule has 0 atom stereocenters. The Labute approximate surface area is 86.2 Å². The van der Waals surface area contributed by atoms with E-state index >= 15 is 0 Å². The van der Waals surface area contributed by atoms with Gasteiger partial charge in [0.2, 0.25) is 11.7 Å². The molecule has 0 aliphatic carbocycles. The summed E-state index contributed by atoms with van der Waals surface area (Å²) < 4.78 is 5.08.